The molecule has 18 atom stereocenters. The minimum Gasteiger partial charge on any atom is -0.459 e. The third kappa shape index (κ3) is 9.55. The molecule has 3 rings (SSSR count). The number of aliphatic hydroxyl groups excluding tert-OH is 2. The van der Waals surface area contributed by atoms with E-state index in [-0.39, 0.29) is 31.4 Å². The molecule has 0 aromatic carbocycles. The zero-order chi connectivity index (χ0) is 39.7. The molecule has 0 bridgehead atoms. The number of hydrogen-bond donors (Lipinski definition) is 4. The largest absolute Gasteiger partial charge is 0.459 e. The van der Waals surface area contributed by atoms with Crippen molar-refractivity contribution in [3.05, 3.63) is 0 Å². The molecule has 52 heavy (non-hydrogen) atoms. The highest BCUT2D eigenvalue weighted by molar-refractivity contribution is 5.83. The highest BCUT2D eigenvalue weighted by Gasteiger charge is 2.53. The molecule has 14 nitrogen and oxygen atoms in total. The number of ether oxygens (including phenoxy) is 7. The number of cyclic esters (lactones) is 1. The van der Waals surface area contributed by atoms with Crippen LogP contribution in [0.5, 0.6) is 0 Å². The summed E-state index contributed by atoms with van der Waals surface area (Å²) in [5, 5.41) is 46.9. The summed E-state index contributed by atoms with van der Waals surface area (Å²) in [5.41, 5.74) is -4.58. The Morgan fingerprint density at radius 2 is 1.50 bits per heavy atom. The second kappa shape index (κ2) is 17.7. The maximum atomic E-state index is 14.1. The van der Waals surface area contributed by atoms with Gasteiger partial charge in [0.15, 0.2) is 12.6 Å². The van der Waals surface area contributed by atoms with Crippen LogP contribution in [0.3, 0.4) is 0 Å². The minimum absolute atomic E-state index is 0.119. The van der Waals surface area contributed by atoms with Crippen LogP contribution in [0.1, 0.15) is 94.9 Å². The van der Waals surface area contributed by atoms with Gasteiger partial charge in [-0.2, -0.15) is 0 Å². The van der Waals surface area contributed by atoms with Crippen molar-refractivity contribution in [2.45, 2.75) is 179 Å². The number of aliphatic hydroxyl groups is 4. The summed E-state index contributed by atoms with van der Waals surface area (Å²) in [7, 11) is 6.88. The molecule has 4 N–H and O–H groups in total. The second-order valence-electron chi connectivity index (χ2n) is 16.7. The number of carbonyl (C=O) groups is 2. The van der Waals surface area contributed by atoms with Gasteiger partial charge in [-0.3, -0.25) is 9.59 Å². The van der Waals surface area contributed by atoms with Gasteiger partial charge in [-0.05, 0) is 74.9 Å². The van der Waals surface area contributed by atoms with E-state index in [1.807, 2.05) is 39.8 Å². The van der Waals surface area contributed by atoms with Gasteiger partial charge in [0.2, 0.25) is 0 Å². The Kier molecular flexibility index (Phi) is 15.3. The summed E-state index contributed by atoms with van der Waals surface area (Å²) in [5.74, 6) is -4.85. The predicted octanol–water partition coefficient (Wildman–Crippen LogP) is 2.44. The van der Waals surface area contributed by atoms with Crippen LogP contribution < -0.4 is 0 Å². The van der Waals surface area contributed by atoms with E-state index in [9.17, 15) is 30.0 Å². The van der Waals surface area contributed by atoms with E-state index in [1.165, 1.54) is 13.8 Å². The maximum absolute atomic E-state index is 14.1. The van der Waals surface area contributed by atoms with Crippen LogP contribution in [0.2, 0.25) is 0 Å². The molecule has 0 saturated carbocycles. The van der Waals surface area contributed by atoms with Crippen LogP contribution in [0.4, 0.5) is 0 Å². The lowest BCUT2D eigenvalue weighted by atomic mass is 9.74. The van der Waals surface area contributed by atoms with Crippen LogP contribution in [-0.2, 0) is 42.7 Å². The zero-order valence-corrected chi connectivity index (χ0v) is 33.9. The number of ketones is 1. The second-order valence-corrected chi connectivity index (χ2v) is 16.7. The smallest absolute Gasteiger partial charge is 0.311 e. The fraction of sp³-hybridized carbons (Fsp3) is 0.947. The zero-order valence-electron chi connectivity index (χ0n) is 33.9. The van der Waals surface area contributed by atoms with E-state index in [0.717, 1.165) is 0 Å². The van der Waals surface area contributed by atoms with Crippen LogP contribution in [0.25, 0.3) is 0 Å². The van der Waals surface area contributed by atoms with Gasteiger partial charge in [-0.1, -0.05) is 27.7 Å². The van der Waals surface area contributed by atoms with Gasteiger partial charge in [0, 0.05) is 44.4 Å². The monoisotopic (exact) mass is 747 g/mol. The van der Waals surface area contributed by atoms with E-state index >= 15 is 0 Å². The van der Waals surface area contributed by atoms with Gasteiger partial charge in [0.1, 0.15) is 29.7 Å². The molecule has 3 unspecified atom stereocenters. The van der Waals surface area contributed by atoms with Gasteiger partial charge < -0.3 is 58.5 Å². The minimum atomic E-state index is -1.98. The highest BCUT2D eigenvalue weighted by Crippen LogP contribution is 2.41. The first-order valence-corrected chi connectivity index (χ1v) is 18.9. The van der Waals surface area contributed by atoms with E-state index < -0.39 is 108 Å². The van der Waals surface area contributed by atoms with Gasteiger partial charge in [0.25, 0.3) is 0 Å². The number of esters is 1. The Balaban J connectivity index is 2.19. The van der Waals surface area contributed by atoms with Crippen molar-refractivity contribution >= 4 is 11.8 Å². The molecule has 3 fully saturated rings. The molecule has 0 amide bonds. The molecule has 3 aliphatic heterocycles. The topological polar surface area (TPSA) is 183 Å². The number of nitrogens with zero attached hydrogens (tertiary/aromatic N) is 1. The Labute approximate surface area is 310 Å². The third-order valence-electron chi connectivity index (χ3n) is 12.0. The Hall–Kier alpha value is -1.30. The molecule has 3 saturated heterocycles. The van der Waals surface area contributed by atoms with Crippen molar-refractivity contribution in [1.29, 1.82) is 0 Å². The SMILES string of the molecule is CC[C@H]1OC(=O)[C@H](C)[C@@H](O[C@H]2C[C@](C)(OC)[C@@H](OC)C(C)O2)[C@H](C)[C@@H](O[C@@H]2OC(C)C[C@@H](N(C)C)C2O)[C@](C)(O)C[C@@H](C)C(=O)[C@H](C)[C@@H](O)[C@]1(C)O. The average molecular weight is 748 g/mol. The van der Waals surface area contributed by atoms with Crippen LogP contribution in [0, 0.1) is 23.7 Å². The molecule has 14 heteroatoms. The average Bonchev–Trinajstić information content (AvgIpc) is 3.06. The summed E-state index contributed by atoms with van der Waals surface area (Å²) >= 11 is 0. The van der Waals surface area contributed by atoms with Crippen LogP contribution in [0.15, 0.2) is 0 Å². The van der Waals surface area contributed by atoms with Crippen molar-refractivity contribution in [3.63, 3.8) is 0 Å². The maximum Gasteiger partial charge on any atom is 0.311 e. The van der Waals surface area contributed by atoms with E-state index in [0.29, 0.717) is 6.42 Å². The Morgan fingerprint density at radius 3 is 2.04 bits per heavy atom. The number of Topliss-reactive ketones (excluding diaryl/α,β-unsaturated/α-hetero) is 1. The third-order valence-corrected chi connectivity index (χ3v) is 12.0. The lowest BCUT2D eigenvalue weighted by molar-refractivity contribution is -0.319. The lowest BCUT2D eigenvalue weighted by Gasteiger charge is -2.49. The first kappa shape index (κ1) is 45.1. The first-order chi connectivity index (χ1) is 24.0. The van der Waals surface area contributed by atoms with E-state index in [2.05, 4.69) is 0 Å². The van der Waals surface area contributed by atoms with E-state index in [1.54, 1.807) is 48.8 Å². The quantitative estimate of drug-likeness (QED) is 0.266. The van der Waals surface area contributed by atoms with Gasteiger partial charge in [0.05, 0.1) is 47.6 Å². The molecule has 0 radical (unpaired) electrons. The molecule has 304 valence electrons. The van der Waals surface area contributed by atoms with Crippen molar-refractivity contribution in [3.8, 4) is 0 Å². The fourth-order valence-corrected chi connectivity index (χ4v) is 8.84. The van der Waals surface area contributed by atoms with E-state index in [4.69, 9.17) is 33.2 Å². The fourth-order valence-electron chi connectivity index (χ4n) is 8.84. The lowest BCUT2D eigenvalue weighted by Crippen LogP contribution is -2.61. The molecule has 3 aliphatic rings. The normalized spacial score (nSPS) is 49.0. The summed E-state index contributed by atoms with van der Waals surface area (Å²) in [6.45, 7) is 16.8. The summed E-state index contributed by atoms with van der Waals surface area (Å²) in [6, 6.07) is -0.312. The number of rotatable bonds is 8. The highest BCUT2D eigenvalue weighted by atomic mass is 16.7. The van der Waals surface area contributed by atoms with Crippen molar-refractivity contribution in [2.75, 3.05) is 28.3 Å². The summed E-state index contributed by atoms with van der Waals surface area (Å²) in [6.07, 6.45) is -8.53. The van der Waals surface area contributed by atoms with Crippen LogP contribution in [-0.4, -0.2) is 150 Å². The molecule has 0 aliphatic carbocycles. The molecular formula is C38H69NO13. The van der Waals surface area contributed by atoms with Crippen molar-refractivity contribution in [2.24, 2.45) is 23.7 Å². The summed E-state index contributed by atoms with van der Waals surface area (Å²) < 4.78 is 43.4. The van der Waals surface area contributed by atoms with Gasteiger partial charge in [-0.15, -0.1) is 0 Å². The number of hydrogen-bond acceptors (Lipinski definition) is 14. The number of methoxy groups -OCH3 is 2. The first-order valence-electron chi connectivity index (χ1n) is 18.9. The summed E-state index contributed by atoms with van der Waals surface area (Å²) in [4.78, 5) is 29.9. The predicted molar refractivity (Wildman–Crippen MR) is 191 cm³/mol. The Bertz CT molecular complexity index is 1180. The molecule has 3 heterocycles. The van der Waals surface area contributed by atoms with Gasteiger partial charge in [-0.25, -0.2) is 0 Å². The molecule has 0 spiro atoms. The molecule has 0 aromatic heterocycles. The standard InChI is InChI=1S/C38H69NO13/c1-15-26-38(10,45)31(42)21(4)28(40)19(2)17-36(8,44)32(52-35-29(41)25(39(11)12)16-20(3)48-35)22(5)30(23(6)34(43)50-26)51-27-18-37(9,47-14)33(46-13)24(7)49-27/h19-27,29-33,35,41-42,44-45H,15-18H2,1-14H3/t19-,20?,21+,22+,23-,24?,25-,26-,27+,29?,30+,31-,32-,33+,35+,36-,37+,38-/m1/s1. The van der Waals surface area contributed by atoms with Crippen LogP contribution >= 0.6 is 0 Å². The van der Waals surface area contributed by atoms with Gasteiger partial charge >= 0.3 is 5.97 Å². The number of likely N-dealkylation sites (N-methyl/N-ethyl adjacent to an activating group) is 1. The Morgan fingerprint density at radius 1 is 0.885 bits per heavy atom. The molecule has 0 aromatic rings. The molecular weight excluding hydrogens is 678 g/mol. The number of carbonyl (C=O) groups excluding carboxylic acids is 2. The van der Waals surface area contributed by atoms with Crippen molar-refractivity contribution in [1.82, 2.24) is 4.90 Å². The van der Waals surface area contributed by atoms with Crippen molar-refractivity contribution < 1.29 is 63.2 Å².